The van der Waals surface area contributed by atoms with E-state index in [0.29, 0.717) is 5.82 Å². The number of hydrogen-bond acceptors (Lipinski definition) is 5. The Hall–Kier alpha value is -2.05. The number of piperazine rings is 1. The van der Waals surface area contributed by atoms with Crippen LogP contribution in [0.5, 0.6) is 0 Å². The van der Waals surface area contributed by atoms with Gasteiger partial charge < -0.3 is 20.0 Å². The lowest BCUT2D eigenvalue weighted by Gasteiger charge is -2.29. The minimum Gasteiger partial charge on any atom is -0.440 e. The summed E-state index contributed by atoms with van der Waals surface area (Å²) in [6, 6.07) is 6.77. The Balaban J connectivity index is 1.65. The van der Waals surface area contributed by atoms with E-state index < -0.39 is 0 Å². The van der Waals surface area contributed by atoms with Crippen molar-refractivity contribution in [2.75, 3.05) is 36.4 Å². The molecule has 1 amide bonds. The Bertz CT molecular complexity index is 620. The summed E-state index contributed by atoms with van der Waals surface area (Å²) in [6.45, 7) is 3.85. The molecule has 0 unspecified atom stereocenters. The number of nitrogens with one attached hydrogen (secondary N) is 2. The van der Waals surface area contributed by atoms with E-state index in [1.54, 1.807) is 12.3 Å². The molecule has 2 N–H and O–H groups in total. The van der Waals surface area contributed by atoms with Crippen LogP contribution in [0.1, 0.15) is 10.6 Å². The fourth-order valence-corrected chi connectivity index (χ4v) is 2.33. The Morgan fingerprint density at radius 1 is 1.29 bits per heavy atom. The summed E-state index contributed by atoms with van der Waals surface area (Å²) in [5.74, 6) is 0.267. The zero-order valence-corrected chi connectivity index (χ0v) is 12.1. The van der Waals surface area contributed by atoms with E-state index in [1.165, 1.54) is 12.1 Å². The molecule has 1 aliphatic rings. The maximum atomic E-state index is 11.9. The number of amides is 1. The van der Waals surface area contributed by atoms with E-state index in [1.807, 2.05) is 6.07 Å². The smallest absolute Gasteiger partial charge is 0.292 e. The molecule has 0 saturated carbocycles. The summed E-state index contributed by atoms with van der Waals surface area (Å²) in [6.07, 6.45) is 1.76. The van der Waals surface area contributed by atoms with Crippen molar-refractivity contribution in [2.24, 2.45) is 0 Å². The van der Waals surface area contributed by atoms with E-state index in [2.05, 4.69) is 20.5 Å². The second-order valence-electron chi connectivity index (χ2n) is 4.70. The molecule has 0 bridgehead atoms. The van der Waals surface area contributed by atoms with Crippen molar-refractivity contribution in [1.29, 1.82) is 0 Å². The summed E-state index contributed by atoms with van der Waals surface area (Å²) in [4.78, 5) is 18.4. The molecule has 6 nitrogen and oxygen atoms in total. The zero-order chi connectivity index (χ0) is 14.7. The van der Waals surface area contributed by atoms with Gasteiger partial charge in [-0.25, -0.2) is 4.98 Å². The van der Waals surface area contributed by atoms with Crippen LogP contribution in [0.2, 0.25) is 5.22 Å². The largest absolute Gasteiger partial charge is 0.440 e. The number of furan rings is 1. The van der Waals surface area contributed by atoms with Gasteiger partial charge in [-0.15, -0.1) is 0 Å². The Kier molecular flexibility index (Phi) is 4.08. The average Bonchev–Trinajstić information content (AvgIpc) is 2.96. The van der Waals surface area contributed by atoms with Crippen LogP contribution in [0.3, 0.4) is 0 Å². The molecule has 0 atom stereocenters. The summed E-state index contributed by atoms with van der Waals surface area (Å²) >= 11 is 5.64. The van der Waals surface area contributed by atoms with Crippen LogP contribution in [0.25, 0.3) is 0 Å². The van der Waals surface area contributed by atoms with Crippen molar-refractivity contribution < 1.29 is 9.21 Å². The summed E-state index contributed by atoms with van der Waals surface area (Å²) < 4.78 is 5.05. The number of nitrogens with zero attached hydrogens (tertiary/aromatic N) is 2. The monoisotopic (exact) mass is 306 g/mol. The Morgan fingerprint density at radius 2 is 2.10 bits per heavy atom. The molecule has 3 rings (SSSR count). The molecule has 1 fully saturated rings. The molecule has 110 valence electrons. The van der Waals surface area contributed by atoms with Crippen LogP contribution in [-0.4, -0.2) is 37.1 Å². The predicted octanol–water partition coefficient (Wildman–Crippen LogP) is 1.99. The molecule has 0 radical (unpaired) electrons. The molecule has 3 heterocycles. The van der Waals surface area contributed by atoms with E-state index in [-0.39, 0.29) is 16.9 Å². The molecular weight excluding hydrogens is 292 g/mol. The summed E-state index contributed by atoms with van der Waals surface area (Å²) in [5.41, 5.74) is 1.05. The highest BCUT2D eigenvalue weighted by atomic mass is 35.5. The molecule has 0 spiro atoms. The highest BCUT2D eigenvalue weighted by Crippen LogP contribution is 2.17. The van der Waals surface area contributed by atoms with Gasteiger partial charge in [0.25, 0.3) is 5.91 Å². The van der Waals surface area contributed by atoms with Gasteiger partial charge in [0.15, 0.2) is 11.0 Å². The predicted molar refractivity (Wildman–Crippen MR) is 81.0 cm³/mol. The van der Waals surface area contributed by atoms with E-state index in [9.17, 15) is 4.79 Å². The molecule has 7 heteroatoms. The molecule has 21 heavy (non-hydrogen) atoms. The molecule has 2 aromatic heterocycles. The van der Waals surface area contributed by atoms with E-state index in [4.69, 9.17) is 16.0 Å². The Labute approximate surface area is 127 Å². The first-order chi connectivity index (χ1) is 10.2. The van der Waals surface area contributed by atoms with Gasteiger partial charge >= 0.3 is 0 Å². The van der Waals surface area contributed by atoms with Crippen LogP contribution in [0.15, 0.2) is 34.9 Å². The fraction of sp³-hybridized carbons (Fsp3) is 0.286. The van der Waals surface area contributed by atoms with Gasteiger partial charge in [-0.1, -0.05) is 0 Å². The van der Waals surface area contributed by atoms with Crippen LogP contribution in [0, 0.1) is 0 Å². The Morgan fingerprint density at radius 3 is 2.71 bits per heavy atom. The molecule has 0 aromatic carbocycles. The van der Waals surface area contributed by atoms with Crippen molar-refractivity contribution in [2.45, 2.75) is 0 Å². The van der Waals surface area contributed by atoms with Gasteiger partial charge in [-0.3, -0.25) is 4.79 Å². The third-order valence-electron chi connectivity index (χ3n) is 3.27. The molecule has 1 aliphatic heterocycles. The molecule has 1 saturated heterocycles. The van der Waals surface area contributed by atoms with Gasteiger partial charge in [0.1, 0.15) is 5.82 Å². The average molecular weight is 307 g/mol. The fourth-order valence-electron chi connectivity index (χ4n) is 2.18. The minimum atomic E-state index is -0.371. The highest BCUT2D eigenvalue weighted by molar-refractivity contribution is 6.29. The van der Waals surface area contributed by atoms with Gasteiger partial charge in [0.2, 0.25) is 0 Å². The van der Waals surface area contributed by atoms with Gasteiger partial charge in [0, 0.05) is 26.2 Å². The third-order valence-corrected chi connectivity index (χ3v) is 3.47. The normalized spacial score (nSPS) is 15.0. The molecule has 0 aliphatic carbocycles. The number of pyridine rings is 1. The van der Waals surface area contributed by atoms with E-state index in [0.717, 1.165) is 31.9 Å². The first-order valence-electron chi connectivity index (χ1n) is 6.71. The number of anilines is 2. The van der Waals surface area contributed by atoms with Crippen LogP contribution >= 0.6 is 11.6 Å². The van der Waals surface area contributed by atoms with Crippen molar-refractivity contribution >= 4 is 29.0 Å². The van der Waals surface area contributed by atoms with Gasteiger partial charge in [0.05, 0.1) is 11.9 Å². The summed E-state index contributed by atoms with van der Waals surface area (Å²) in [5, 5.41) is 6.15. The number of hydrogen-bond donors (Lipinski definition) is 2. The first kappa shape index (κ1) is 13.9. The zero-order valence-electron chi connectivity index (χ0n) is 11.3. The molecule has 2 aromatic rings. The number of halogens is 1. The summed E-state index contributed by atoms with van der Waals surface area (Å²) in [7, 11) is 0. The van der Waals surface area contributed by atoms with Crippen LogP contribution in [-0.2, 0) is 0 Å². The highest BCUT2D eigenvalue weighted by Gasteiger charge is 2.13. The second kappa shape index (κ2) is 6.15. The number of aromatic nitrogens is 1. The maximum Gasteiger partial charge on any atom is 0.292 e. The van der Waals surface area contributed by atoms with Gasteiger partial charge in [-0.05, 0) is 35.9 Å². The second-order valence-corrected chi connectivity index (χ2v) is 5.07. The first-order valence-corrected chi connectivity index (χ1v) is 7.08. The lowest BCUT2D eigenvalue weighted by molar-refractivity contribution is 0.0996. The van der Waals surface area contributed by atoms with Crippen molar-refractivity contribution in [1.82, 2.24) is 10.3 Å². The topological polar surface area (TPSA) is 70.4 Å². The van der Waals surface area contributed by atoms with E-state index >= 15 is 0 Å². The van der Waals surface area contributed by atoms with Crippen molar-refractivity contribution in [3.8, 4) is 0 Å². The third kappa shape index (κ3) is 3.34. The standard InChI is InChI=1S/C14H15ClN4O2/c15-12-3-2-11(21-12)14(20)18-13-4-1-10(9-17-13)19-7-5-16-6-8-19/h1-4,9,16H,5-8H2,(H,17,18,20). The quantitative estimate of drug-likeness (QED) is 0.907. The number of carbonyl (C=O) groups excluding carboxylic acids is 1. The maximum absolute atomic E-state index is 11.9. The van der Waals surface area contributed by atoms with Crippen molar-refractivity contribution in [3.05, 3.63) is 41.4 Å². The minimum absolute atomic E-state index is 0.160. The lowest BCUT2D eigenvalue weighted by Crippen LogP contribution is -2.43. The van der Waals surface area contributed by atoms with Crippen LogP contribution < -0.4 is 15.5 Å². The van der Waals surface area contributed by atoms with Crippen LogP contribution in [0.4, 0.5) is 11.5 Å². The SMILES string of the molecule is O=C(Nc1ccc(N2CCNCC2)cn1)c1ccc(Cl)o1. The van der Waals surface area contributed by atoms with Gasteiger partial charge in [-0.2, -0.15) is 0 Å². The number of carbonyl (C=O) groups is 1. The number of rotatable bonds is 3. The lowest BCUT2D eigenvalue weighted by atomic mass is 10.3. The molecular formula is C14H15ClN4O2. The van der Waals surface area contributed by atoms with Crippen molar-refractivity contribution in [3.63, 3.8) is 0 Å².